The molecule has 2 aromatic rings. The molecule has 0 fully saturated rings. The molecule has 2 rings (SSSR count). The molecule has 0 saturated carbocycles. The normalized spacial score (nSPS) is 13.7. The highest BCUT2D eigenvalue weighted by Gasteiger charge is 2.17. The van der Waals surface area contributed by atoms with Crippen molar-refractivity contribution in [2.45, 2.75) is 25.2 Å². The largest absolute Gasteiger partial charge is 0.489 e. The van der Waals surface area contributed by atoms with Gasteiger partial charge in [0.05, 0.1) is 6.10 Å². The molecule has 0 heterocycles. The standard InChI is InChI=1S/C17H21NO3/c18-11-10-16(19)17(20)14-6-8-15(9-7-14)21-12-13-4-2-1-3-5-13/h1-9,16-17,19-20H,10-12,18H2. The SMILES string of the molecule is NCCC(O)C(O)c1ccc(OCc2ccccc2)cc1. The molecule has 21 heavy (non-hydrogen) atoms. The Kier molecular flexibility index (Phi) is 5.75. The first kappa shape index (κ1) is 15.5. The highest BCUT2D eigenvalue weighted by Crippen LogP contribution is 2.22. The number of rotatable bonds is 7. The first-order chi connectivity index (χ1) is 10.2. The molecule has 4 nitrogen and oxygen atoms in total. The van der Waals surface area contributed by atoms with E-state index >= 15 is 0 Å². The van der Waals surface area contributed by atoms with Crippen molar-refractivity contribution in [2.75, 3.05) is 6.54 Å². The molecule has 0 amide bonds. The number of aliphatic hydroxyl groups is 2. The van der Waals surface area contributed by atoms with Gasteiger partial charge in [0.15, 0.2) is 0 Å². The van der Waals surface area contributed by atoms with Crippen molar-refractivity contribution in [3.63, 3.8) is 0 Å². The van der Waals surface area contributed by atoms with E-state index < -0.39 is 12.2 Å². The number of benzene rings is 2. The van der Waals surface area contributed by atoms with Gasteiger partial charge in [0.2, 0.25) is 0 Å². The predicted octanol–water partition coefficient (Wildman–Crippen LogP) is 2.01. The third-order valence-electron chi connectivity index (χ3n) is 3.30. The fraction of sp³-hybridized carbons (Fsp3) is 0.294. The highest BCUT2D eigenvalue weighted by molar-refractivity contribution is 5.29. The van der Waals surface area contributed by atoms with Crippen LogP contribution >= 0.6 is 0 Å². The zero-order valence-corrected chi connectivity index (χ0v) is 11.9. The Morgan fingerprint density at radius 1 is 0.952 bits per heavy atom. The highest BCUT2D eigenvalue weighted by atomic mass is 16.5. The first-order valence-electron chi connectivity index (χ1n) is 7.03. The Morgan fingerprint density at radius 2 is 1.62 bits per heavy atom. The minimum absolute atomic E-state index is 0.344. The van der Waals surface area contributed by atoms with Crippen molar-refractivity contribution >= 4 is 0 Å². The van der Waals surface area contributed by atoms with E-state index in [1.807, 2.05) is 30.3 Å². The summed E-state index contributed by atoms with van der Waals surface area (Å²) in [6.45, 7) is 0.842. The average Bonchev–Trinajstić information content (AvgIpc) is 2.54. The van der Waals surface area contributed by atoms with Gasteiger partial charge in [-0.05, 0) is 36.2 Å². The number of aliphatic hydroxyl groups excluding tert-OH is 2. The summed E-state index contributed by atoms with van der Waals surface area (Å²) < 4.78 is 5.67. The fourth-order valence-corrected chi connectivity index (χ4v) is 2.05. The maximum Gasteiger partial charge on any atom is 0.119 e. The maximum absolute atomic E-state index is 9.97. The Labute approximate surface area is 124 Å². The van der Waals surface area contributed by atoms with Crippen LogP contribution in [0.4, 0.5) is 0 Å². The van der Waals surface area contributed by atoms with Crippen LogP contribution in [0, 0.1) is 0 Å². The molecule has 0 bridgehead atoms. The van der Waals surface area contributed by atoms with Gasteiger partial charge in [0, 0.05) is 0 Å². The van der Waals surface area contributed by atoms with Gasteiger partial charge in [0.25, 0.3) is 0 Å². The number of hydrogen-bond donors (Lipinski definition) is 3. The summed E-state index contributed by atoms with van der Waals surface area (Å²) in [6, 6.07) is 17.0. The molecular formula is C17H21NO3. The second-order valence-electron chi connectivity index (χ2n) is 4.93. The third kappa shape index (κ3) is 4.56. The number of hydrogen-bond acceptors (Lipinski definition) is 4. The van der Waals surface area contributed by atoms with Gasteiger partial charge >= 0.3 is 0 Å². The average molecular weight is 287 g/mol. The van der Waals surface area contributed by atoms with E-state index in [9.17, 15) is 10.2 Å². The van der Waals surface area contributed by atoms with Crippen LogP contribution in [0.3, 0.4) is 0 Å². The Balaban J connectivity index is 1.92. The molecule has 2 aromatic carbocycles. The molecule has 0 spiro atoms. The summed E-state index contributed by atoms with van der Waals surface area (Å²) >= 11 is 0. The molecule has 0 saturated heterocycles. The van der Waals surface area contributed by atoms with Crippen molar-refractivity contribution in [3.8, 4) is 5.75 Å². The van der Waals surface area contributed by atoms with E-state index in [4.69, 9.17) is 10.5 Å². The zero-order valence-electron chi connectivity index (χ0n) is 11.9. The van der Waals surface area contributed by atoms with Crippen LogP contribution in [0.25, 0.3) is 0 Å². The summed E-state index contributed by atoms with van der Waals surface area (Å²) in [5, 5.41) is 19.7. The van der Waals surface area contributed by atoms with E-state index in [0.717, 1.165) is 11.3 Å². The van der Waals surface area contributed by atoms with Crippen molar-refractivity contribution in [2.24, 2.45) is 5.73 Å². The van der Waals surface area contributed by atoms with E-state index in [1.54, 1.807) is 24.3 Å². The van der Waals surface area contributed by atoms with Crippen molar-refractivity contribution in [1.29, 1.82) is 0 Å². The molecule has 0 aromatic heterocycles. The van der Waals surface area contributed by atoms with Gasteiger partial charge in [-0.25, -0.2) is 0 Å². The predicted molar refractivity (Wildman–Crippen MR) is 81.9 cm³/mol. The van der Waals surface area contributed by atoms with Crippen LogP contribution in [0.15, 0.2) is 54.6 Å². The van der Waals surface area contributed by atoms with Gasteiger partial charge < -0.3 is 20.7 Å². The minimum Gasteiger partial charge on any atom is -0.489 e. The summed E-state index contributed by atoms with van der Waals surface area (Å²) in [5.41, 5.74) is 7.13. The van der Waals surface area contributed by atoms with Gasteiger partial charge in [-0.15, -0.1) is 0 Å². The lowest BCUT2D eigenvalue weighted by atomic mass is 10.0. The second kappa shape index (κ2) is 7.78. The van der Waals surface area contributed by atoms with Gasteiger partial charge in [-0.3, -0.25) is 0 Å². The van der Waals surface area contributed by atoms with Crippen LogP contribution < -0.4 is 10.5 Å². The van der Waals surface area contributed by atoms with Crippen LogP contribution in [-0.2, 0) is 6.61 Å². The maximum atomic E-state index is 9.97. The Morgan fingerprint density at radius 3 is 2.24 bits per heavy atom. The Hall–Kier alpha value is -1.88. The molecule has 4 heteroatoms. The van der Waals surface area contributed by atoms with Gasteiger partial charge in [-0.1, -0.05) is 42.5 Å². The molecule has 112 valence electrons. The molecule has 0 aliphatic rings. The fourth-order valence-electron chi connectivity index (χ4n) is 2.05. The lowest BCUT2D eigenvalue weighted by Crippen LogP contribution is -2.21. The van der Waals surface area contributed by atoms with E-state index in [-0.39, 0.29) is 0 Å². The zero-order chi connectivity index (χ0) is 15.1. The topological polar surface area (TPSA) is 75.7 Å². The molecule has 0 radical (unpaired) electrons. The van der Waals surface area contributed by atoms with Crippen molar-refractivity contribution in [3.05, 3.63) is 65.7 Å². The quantitative estimate of drug-likeness (QED) is 0.728. The molecular weight excluding hydrogens is 266 g/mol. The van der Waals surface area contributed by atoms with Gasteiger partial charge in [0.1, 0.15) is 18.5 Å². The van der Waals surface area contributed by atoms with E-state index in [1.165, 1.54) is 0 Å². The van der Waals surface area contributed by atoms with Crippen LogP contribution in [0.1, 0.15) is 23.7 Å². The smallest absolute Gasteiger partial charge is 0.119 e. The van der Waals surface area contributed by atoms with Crippen molar-refractivity contribution < 1.29 is 14.9 Å². The number of ether oxygens (including phenoxy) is 1. The molecule has 0 aliphatic heterocycles. The van der Waals surface area contributed by atoms with Crippen LogP contribution in [0.2, 0.25) is 0 Å². The minimum atomic E-state index is -0.920. The molecule has 2 atom stereocenters. The first-order valence-corrected chi connectivity index (χ1v) is 7.03. The lowest BCUT2D eigenvalue weighted by molar-refractivity contribution is 0.0150. The van der Waals surface area contributed by atoms with E-state index in [0.29, 0.717) is 25.1 Å². The van der Waals surface area contributed by atoms with Crippen molar-refractivity contribution in [1.82, 2.24) is 0 Å². The van der Waals surface area contributed by atoms with E-state index in [2.05, 4.69) is 0 Å². The molecule has 0 aliphatic carbocycles. The Bertz CT molecular complexity index is 527. The summed E-state index contributed by atoms with van der Waals surface area (Å²) in [4.78, 5) is 0. The molecule has 4 N–H and O–H groups in total. The van der Waals surface area contributed by atoms with Gasteiger partial charge in [-0.2, -0.15) is 0 Å². The van der Waals surface area contributed by atoms with Crippen LogP contribution in [-0.4, -0.2) is 22.9 Å². The summed E-state index contributed by atoms with van der Waals surface area (Å²) in [7, 11) is 0. The lowest BCUT2D eigenvalue weighted by Gasteiger charge is -2.17. The number of nitrogens with two attached hydrogens (primary N) is 1. The third-order valence-corrected chi connectivity index (χ3v) is 3.30. The monoisotopic (exact) mass is 287 g/mol. The summed E-state index contributed by atoms with van der Waals surface area (Å²) in [5.74, 6) is 0.725. The molecule has 2 unspecified atom stereocenters. The summed E-state index contributed by atoms with van der Waals surface area (Å²) in [6.07, 6.45) is -1.39. The van der Waals surface area contributed by atoms with Crippen LogP contribution in [0.5, 0.6) is 5.75 Å². The second-order valence-corrected chi connectivity index (χ2v) is 4.93.